The monoisotopic (exact) mass is 476 g/mol. The molecule has 7 aromatic rings. The average molecular weight is 477 g/mol. The van der Waals surface area contributed by atoms with Gasteiger partial charge in [-0.3, -0.25) is 9.59 Å². The number of fused-ring (bicyclic) bond motifs is 5. The van der Waals surface area contributed by atoms with Crippen molar-refractivity contribution < 1.29 is 22.5 Å². The smallest absolute Gasteiger partial charge is 0.204 e. The SMILES string of the molecule is [2H]c1c([2H])c([2H])c(-c2ccc3oc4c(ccc5oc6ccc(-c7c([2H])c([2H])c([2H])c([2H])c7[2H])cc6c(=O)c54)c(=O)c3c2)c([2H])c1[2H]. The second kappa shape index (κ2) is 7.79. The molecule has 0 radical (unpaired) electrons. The van der Waals surface area contributed by atoms with Crippen molar-refractivity contribution in [3.63, 3.8) is 0 Å². The molecule has 4 nitrogen and oxygen atoms in total. The predicted octanol–water partition coefficient (Wildman–Crippen LogP) is 7.54. The summed E-state index contributed by atoms with van der Waals surface area (Å²) < 4.78 is 93.1. The molecule has 36 heavy (non-hydrogen) atoms. The van der Waals surface area contributed by atoms with Crippen LogP contribution in [0.3, 0.4) is 0 Å². The van der Waals surface area contributed by atoms with E-state index in [0.717, 1.165) is 0 Å². The summed E-state index contributed by atoms with van der Waals surface area (Å²) in [6.07, 6.45) is 0. The maximum Gasteiger partial charge on any atom is 0.204 e. The molecule has 2 heterocycles. The Labute approximate surface area is 218 Å². The average Bonchev–Trinajstić information content (AvgIpc) is 3.05. The molecule has 0 spiro atoms. The molecular weight excluding hydrogens is 448 g/mol. The van der Waals surface area contributed by atoms with E-state index in [9.17, 15) is 9.59 Å². The van der Waals surface area contributed by atoms with E-state index >= 15 is 0 Å². The fourth-order valence-electron chi connectivity index (χ4n) is 4.35. The van der Waals surface area contributed by atoms with Crippen LogP contribution < -0.4 is 10.9 Å². The number of benzene rings is 5. The Morgan fingerprint density at radius 2 is 1.03 bits per heavy atom. The molecule has 0 atom stereocenters. The van der Waals surface area contributed by atoms with E-state index in [1.165, 1.54) is 48.5 Å². The first-order valence-electron chi connectivity index (χ1n) is 15.9. The second-order valence-corrected chi connectivity index (χ2v) is 8.10. The van der Waals surface area contributed by atoms with E-state index in [0.29, 0.717) is 0 Å². The van der Waals surface area contributed by atoms with Crippen LogP contribution in [0.5, 0.6) is 0 Å². The van der Waals surface area contributed by atoms with Crippen LogP contribution in [0.2, 0.25) is 0 Å². The summed E-state index contributed by atoms with van der Waals surface area (Å²) in [5.74, 6) is 0. The lowest BCUT2D eigenvalue weighted by molar-refractivity contribution is 0.649. The minimum atomic E-state index is -0.575. The summed E-state index contributed by atoms with van der Waals surface area (Å²) in [5, 5.41) is 0.0805. The third-order valence-corrected chi connectivity index (χ3v) is 6.05. The van der Waals surface area contributed by atoms with Gasteiger partial charge in [0.05, 0.1) is 29.9 Å². The van der Waals surface area contributed by atoms with Gasteiger partial charge in [0.15, 0.2) is 5.58 Å². The van der Waals surface area contributed by atoms with E-state index < -0.39 is 71.3 Å². The van der Waals surface area contributed by atoms with E-state index in [1.807, 2.05) is 0 Å². The molecule has 7 rings (SSSR count). The van der Waals surface area contributed by atoms with Gasteiger partial charge in [-0.25, -0.2) is 0 Å². The topological polar surface area (TPSA) is 60.4 Å². The minimum Gasteiger partial charge on any atom is -0.456 e. The molecule has 0 bridgehead atoms. The van der Waals surface area contributed by atoms with Gasteiger partial charge >= 0.3 is 0 Å². The van der Waals surface area contributed by atoms with Gasteiger partial charge in [0, 0.05) is 0 Å². The van der Waals surface area contributed by atoms with E-state index in [2.05, 4.69) is 0 Å². The zero-order chi connectivity index (χ0) is 32.9. The summed E-state index contributed by atoms with van der Waals surface area (Å²) in [7, 11) is 0. The van der Waals surface area contributed by atoms with Crippen LogP contribution in [0.15, 0.2) is 127 Å². The van der Waals surface area contributed by atoms with Gasteiger partial charge in [-0.1, -0.05) is 72.6 Å². The largest absolute Gasteiger partial charge is 0.456 e. The first-order valence-corrected chi connectivity index (χ1v) is 10.9. The number of hydrogen-bond donors (Lipinski definition) is 0. The standard InChI is InChI=1S/C32H18O4/c33-30-23-13-16-28-29(31(34)25-18-22(11-14-26(25)35-28)20-9-5-2-6-10-20)32(23)36-27-15-12-21(17-24(27)30)19-7-3-1-4-8-19/h1-18H/i1D,2D,3D,4D,5D,6D,7D,8D,9D,10D. The zero-order valence-electron chi connectivity index (χ0n) is 28.3. The summed E-state index contributed by atoms with van der Waals surface area (Å²) in [6, 6.07) is 6.64. The van der Waals surface area contributed by atoms with E-state index in [1.54, 1.807) is 0 Å². The Hall–Kier alpha value is -4.96. The van der Waals surface area contributed by atoms with Gasteiger partial charge in [0.1, 0.15) is 22.1 Å². The molecule has 5 aromatic carbocycles. The molecule has 2 aromatic heterocycles. The highest BCUT2D eigenvalue weighted by Crippen LogP contribution is 2.31. The van der Waals surface area contributed by atoms with Gasteiger partial charge in [-0.15, -0.1) is 0 Å². The molecule has 0 aliphatic rings. The van der Waals surface area contributed by atoms with Gasteiger partial charge in [-0.05, 0) is 58.7 Å². The lowest BCUT2D eigenvalue weighted by Gasteiger charge is -2.08. The normalized spacial score (nSPS) is 15.4. The second-order valence-electron chi connectivity index (χ2n) is 8.10. The van der Waals surface area contributed by atoms with Crippen molar-refractivity contribution in [2.24, 2.45) is 0 Å². The molecule has 0 fully saturated rings. The molecule has 0 aliphatic heterocycles. The van der Waals surface area contributed by atoms with Crippen LogP contribution >= 0.6 is 0 Å². The summed E-state index contributed by atoms with van der Waals surface area (Å²) >= 11 is 0. The molecule has 170 valence electrons. The summed E-state index contributed by atoms with van der Waals surface area (Å²) in [4.78, 5) is 27.8. The van der Waals surface area contributed by atoms with Crippen molar-refractivity contribution in [3.05, 3.63) is 129 Å². The quantitative estimate of drug-likeness (QED) is 0.191. The van der Waals surface area contributed by atoms with Crippen LogP contribution in [-0.4, -0.2) is 0 Å². The summed E-state index contributed by atoms with van der Waals surface area (Å²) in [5.41, 5.74) is -0.549. The van der Waals surface area contributed by atoms with Crippen LogP contribution in [0, 0.1) is 0 Å². The third-order valence-electron chi connectivity index (χ3n) is 6.05. The molecule has 4 heteroatoms. The molecule has 0 aliphatic carbocycles. The van der Waals surface area contributed by atoms with Crippen molar-refractivity contribution in [1.82, 2.24) is 0 Å². The Balaban J connectivity index is 1.49. The zero-order valence-corrected chi connectivity index (χ0v) is 18.3. The van der Waals surface area contributed by atoms with Crippen molar-refractivity contribution in [1.29, 1.82) is 0 Å². The fraction of sp³-hybridized carbons (Fsp3) is 0. The van der Waals surface area contributed by atoms with Crippen molar-refractivity contribution in [3.8, 4) is 22.3 Å². The Kier molecular flexibility index (Phi) is 2.74. The lowest BCUT2D eigenvalue weighted by Crippen LogP contribution is -2.07. The molecule has 0 N–H and O–H groups in total. The maximum absolute atomic E-state index is 14.0. The van der Waals surface area contributed by atoms with Gasteiger partial charge in [0.2, 0.25) is 10.9 Å². The highest BCUT2D eigenvalue weighted by molar-refractivity contribution is 6.07. The Morgan fingerprint density at radius 1 is 0.500 bits per heavy atom. The highest BCUT2D eigenvalue weighted by atomic mass is 16.3. The Bertz CT molecular complexity index is 2590. The maximum atomic E-state index is 14.0. The Morgan fingerprint density at radius 3 is 1.64 bits per heavy atom. The lowest BCUT2D eigenvalue weighted by atomic mass is 10.0. The van der Waals surface area contributed by atoms with Gasteiger partial charge in [0.25, 0.3) is 0 Å². The molecule has 0 amide bonds. The van der Waals surface area contributed by atoms with Crippen molar-refractivity contribution >= 4 is 43.9 Å². The molecule has 0 saturated carbocycles. The van der Waals surface area contributed by atoms with E-state index in [-0.39, 0.29) is 66.1 Å². The third kappa shape index (κ3) is 3.08. The molecular formula is C32H18O4. The molecule has 0 unspecified atom stereocenters. The van der Waals surface area contributed by atoms with Crippen LogP contribution in [0.4, 0.5) is 0 Å². The van der Waals surface area contributed by atoms with Crippen molar-refractivity contribution in [2.75, 3.05) is 0 Å². The van der Waals surface area contributed by atoms with Gasteiger partial charge < -0.3 is 8.83 Å². The predicted molar refractivity (Wildman–Crippen MR) is 144 cm³/mol. The molecule has 0 saturated heterocycles. The first-order chi connectivity index (χ1) is 21.8. The first kappa shape index (κ1) is 12.7. The van der Waals surface area contributed by atoms with Crippen molar-refractivity contribution in [2.45, 2.75) is 0 Å². The van der Waals surface area contributed by atoms with Crippen LogP contribution in [0.25, 0.3) is 66.1 Å². The number of hydrogen-bond acceptors (Lipinski definition) is 4. The minimum absolute atomic E-state index is 0.0311. The van der Waals surface area contributed by atoms with Gasteiger partial charge in [-0.2, -0.15) is 0 Å². The summed E-state index contributed by atoms with van der Waals surface area (Å²) in [6.45, 7) is 0. The van der Waals surface area contributed by atoms with Crippen LogP contribution in [0.1, 0.15) is 13.7 Å². The number of rotatable bonds is 2. The fourth-order valence-corrected chi connectivity index (χ4v) is 4.35. The van der Waals surface area contributed by atoms with Crippen LogP contribution in [-0.2, 0) is 0 Å². The van der Waals surface area contributed by atoms with E-state index in [4.69, 9.17) is 22.5 Å². The highest BCUT2D eigenvalue weighted by Gasteiger charge is 2.17.